The lowest BCUT2D eigenvalue weighted by Gasteiger charge is -2.33. The number of nitrogens with one attached hydrogen (secondary N) is 1. The molecule has 7 nitrogen and oxygen atoms in total. The van der Waals surface area contributed by atoms with Crippen LogP contribution in [-0.2, 0) is 4.74 Å². The van der Waals surface area contributed by atoms with Crippen LogP contribution in [0.2, 0.25) is 0 Å². The highest BCUT2D eigenvalue weighted by atomic mass is 16.5. The van der Waals surface area contributed by atoms with Crippen molar-refractivity contribution < 1.29 is 14.3 Å². The maximum Gasteiger partial charge on any atom is 0.274 e. The lowest BCUT2D eigenvalue weighted by Crippen LogP contribution is -2.42. The van der Waals surface area contributed by atoms with E-state index in [9.17, 15) is 4.79 Å². The third kappa shape index (κ3) is 3.99. The first-order valence-electron chi connectivity index (χ1n) is 9.55. The van der Waals surface area contributed by atoms with Crippen LogP contribution in [0.25, 0.3) is 0 Å². The molecule has 2 aromatic rings. The second kappa shape index (κ2) is 8.10. The summed E-state index contributed by atoms with van der Waals surface area (Å²) in [4.78, 5) is 14.8. The molecule has 3 heterocycles. The van der Waals surface area contributed by atoms with Crippen LogP contribution in [0.4, 0.5) is 0 Å². The number of morpholine rings is 1. The van der Waals surface area contributed by atoms with E-state index in [0.717, 1.165) is 37.2 Å². The summed E-state index contributed by atoms with van der Waals surface area (Å²) in [5, 5.41) is 7.94. The minimum atomic E-state index is -0.151. The van der Waals surface area contributed by atoms with Crippen molar-refractivity contribution in [1.82, 2.24) is 20.0 Å². The van der Waals surface area contributed by atoms with Gasteiger partial charge in [0.2, 0.25) is 0 Å². The Labute approximate surface area is 159 Å². The summed E-state index contributed by atoms with van der Waals surface area (Å²) in [6.45, 7) is 3.58. The molecule has 0 aliphatic carbocycles. The average molecular weight is 370 g/mol. The molecule has 0 bridgehead atoms. The van der Waals surface area contributed by atoms with Crippen molar-refractivity contribution in [3.8, 4) is 5.75 Å². The van der Waals surface area contributed by atoms with E-state index in [-0.39, 0.29) is 12.0 Å². The first kappa shape index (κ1) is 18.0. The summed E-state index contributed by atoms with van der Waals surface area (Å²) in [5.41, 5.74) is 1.53. The second-order valence-electron chi connectivity index (χ2n) is 7.07. The quantitative estimate of drug-likeness (QED) is 0.892. The van der Waals surface area contributed by atoms with Gasteiger partial charge in [0.05, 0.1) is 26.3 Å². The summed E-state index contributed by atoms with van der Waals surface area (Å²) in [6.07, 6.45) is 4.00. The number of amides is 1. The molecule has 144 valence electrons. The molecule has 2 atom stereocenters. The number of nitrogens with zero attached hydrogens (tertiary/aromatic N) is 3. The van der Waals surface area contributed by atoms with Crippen molar-refractivity contribution in [2.45, 2.75) is 25.0 Å². The number of methoxy groups -OCH3 is 1. The molecule has 2 fully saturated rings. The van der Waals surface area contributed by atoms with Crippen LogP contribution in [0.3, 0.4) is 0 Å². The highest BCUT2D eigenvalue weighted by Gasteiger charge is 2.28. The lowest BCUT2D eigenvalue weighted by molar-refractivity contribution is -0.0231. The highest BCUT2D eigenvalue weighted by molar-refractivity contribution is 5.92. The van der Waals surface area contributed by atoms with E-state index >= 15 is 0 Å². The van der Waals surface area contributed by atoms with E-state index in [4.69, 9.17) is 9.47 Å². The van der Waals surface area contributed by atoms with E-state index in [1.165, 1.54) is 0 Å². The molecule has 2 unspecified atom stereocenters. The molecule has 1 amide bonds. The van der Waals surface area contributed by atoms with Crippen LogP contribution in [-0.4, -0.2) is 60.5 Å². The molecule has 1 N–H and O–H groups in total. The molecule has 1 aromatic heterocycles. The largest absolute Gasteiger partial charge is 0.497 e. The minimum Gasteiger partial charge on any atom is -0.497 e. The number of hydrogen-bond acceptors (Lipinski definition) is 5. The fourth-order valence-electron chi connectivity index (χ4n) is 3.75. The lowest BCUT2D eigenvalue weighted by atomic mass is 10.1. The van der Waals surface area contributed by atoms with Gasteiger partial charge in [-0.05, 0) is 43.1 Å². The van der Waals surface area contributed by atoms with Crippen LogP contribution < -0.4 is 10.1 Å². The number of aromatic nitrogens is 2. The Balaban J connectivity index is 1.44. The number of ether oxygens (including phenoxy) is 2. The Hall–Kier alpha value is -2.38. The first-order valence-corrected chi connectivity index (χ1v) is 9.55. The summed E-state index contributed by atoms with van der Waals surface area (Å²) >= 11 is 0. The Kier molecular flexibility index (Phi) is 5.40. The van der Waals surface area contributed by atoms with Crippen molar-refractivity contribution >= 4 is 5.91 Å². The van der Waals surface area contributed by atoms with Crippen molar-refractivity contribution in [3.05, 3.63) is 47.8 Å². The molecular weight excluding hydrogens is 344 g/mol. The molecule has 2 aliphatic rings. The smallest absolute Gasteiger partial charge is 0.274 e. The van der Waals surface area contributed by atoms with Gasteiger partial charge in [-0.3, -0.25) is 9.48 Å². The maximum absolute atomic E-state index is 13.0. The average Bonchev–Trinajstić information content (AvgIpc) is 3.24. The molecule has 7 heteroatoms. The molecule has 1 aromatic carbocycles. The fourth-order valence-corrected chi connectivity index (χ4v) is 3.75. The van der Waals surface area contributed by atoms with Gasteiger partial charge in [0, 0.05) is 19.3 Å². The minimum absolute atomic E-state index is 0.0336. The summed E-state index contributed by atoms with van der Waals surface area (Å²) < 4.78 is 13.1. The SMILES string of the molecule is COc1cccc(C2CN(C(=O)c3ccn(C4CCCNC4)n3)CCO2)c1. The molecule has 0 saturated carbocycles. The standard InChI is InChI=1S/C20H26N4O3/c1-26-17-6-2-4-15(12-17)19-14-23(10-11-27-19)20(25)18-7-9-24(22-18)16-5-3-8-21-13-16/h2,4,6-7,9,12,16,19,21H,3,5,8,10-11,13-14H2,1H3. The topological polar surface area (TPSA) is 68.6 Å². The Morgan fingerprint density at radius 1 is 1.37 bits per heavy atom. The molecular formula is C20H26N4O3. The predicted octanol–water partition coefficient (Wildman–Crippen LogP) is 2.03. The fraction of sp³-hybridized carbons (Fsp3) is 0.500. The predicted molar refractivity (Wildman–Crippen MR) is 101 cm³/mol. The number of carbonyl (C=O) groups is 1. The van der Waals surface area contributed by atoms with Gasteiger partial charge in [0.25, 0.3) is 5.91 Å². The molecule has 4 rings (SSSR count). The zero-order valence-corrected chi connectivity index (χ0v) is 15.6. The molecule has 2 saturated heterocycles. The van der Waals surface area contributed by atoms with E-state index < -0.39 is 0 Å². The molecule has 0 radical (unpaired) electrons. The normalized spacial score (nSPS) is 23.2. The Bertz CT molecular complexity index is 785. The van der Waals surface area contributed by atoms with E-state index in [1.54, 1.807) is 7.11 Å². The number of piperidine rings is 1. The number of rotatable bonds is 4. The van der Waals surface area contributed by atoms with E-state index in [1.807, 2.05) is 46.1 Å². The summed E-state index contributed by atoms with van der Waals surface area (Å²) in [7, 11) is 1.65. The number of carbonyl (C=O) groups excluding carboxylic acids is 1. The van der Waals surface area contributed by atoms with Gasteiger partial charge >= 0.3 is 0 Å². The van der Waals surface area contributed by atoms with Gasteiger partial charge in [-0.25, -0.2) is 0 Å². The van der Waals surface area contributed by atoms with Crippen LogP contribution in [0.5, 0.6) is 5.75 Å². The number of benzene rings is 1. The van der Waals surface area contributed by atoms with Gasteiger partial charge in [0.1, 0.15) is 17.5 Å². The second-order valence-corrected chi connectivity index (χ2v) is 7.07. The summed E-state index contributed by atoms with van der Waals surface area (Å²) in [6, 6.07) is 9.97. The zero-order chi connectivity index (χ0) is 18.6. The molecule has 27 heavy (non-hydrogen) atoms. The van der Waals surface area contributed by atoms with E-state index in [2.05, 4.69) is 10.4 Å². The zero-order valence-electron chi connectivity index (χ0n) is 15.6. The van der Waals surface area contributed by atoms with Crippen molar-refractivity contribution in [2.24, 2.45) is 0 Å². The van der Waals surface area contributed by atoms with Crippen LogP contribution in [0.15, 0.2) is 36.5 Å². The van der Waals surface area contributed by atoms with Crippen molar-refractivity contribution in [1.29, 1.82) is 0 Å². The van der Waals surface area contributed by atoms with Gasteiger partial charge in [0.15, 0.2) is 0 Å². The van der Waals surface area contributed by atoms with Crippen LogP contribution >= 0.6 is 0 Å². The summed E-state index contributed by atoms with van der Waals surface area (Å²) in [5.74, 6) is 0.757. The Morgan fingerprint density at radius 3 is 3.11 bits per heavy atom. The monoisotopic (exact) mass is 370 g/mol. The Morgan fingerprint density at radius 2 is 2.30 bits per heavy atom. The molecule has 2 aliphatic heterocycles. The third-order valence-electron chi connectivity index (χ3n) is 5.29. The highest BCUT2D eigenvalue weighted by Crippen LogP contribution is 2.26. The van der Waals surface area contributed by atoms with Gasteiger partial charge in [-0.15, -0.1) is 0 Å². The third-order valence-corrected chi connectivity index (χ3v) is 5.29. The maximum atomic E-state index is 13.0. The van der Waals surface area contributed by atoms with E-state index in [0.29, 0.717) is 31.4 Å². The first-order chi connectivity index (χ1) is 13.2. The van der Waals surface area contributed by atoms with Crippen molar-refractivity contribution in [2.75, 3.05) is 39.9 Å². The van der Waals surface area contributed by atoms with Gasteiger partial charge in [-0.1, -0.05) is 12.1 Å². The number of hydrogen-bond donors (Lipinski definition) is 1. The van der Waals surface area contributed by atoms with Gasteiger partial charge in [-0.2, -0.15) is 5.10 Å². The van der Waals surface area contributed by atoms with Crippen molar-refractivity contribution in [3.63, 3.8) is 0 Å². The molecule has 0 spiro atoms. The van der Waals surface area contributed by atoms with Crippen LogP contribution in [0.1, 0.15) is 41.0 Å². The van der Waals surface area contributed by atoms with Gasteiger partial charge < -0.3 is 19.7 Å². The van der Waals surface area contributed by atoms with Crippen LogP contribution in [0, 0.1) is 0 Å².